The number of aryl methyl sites for hydroxylation is 2. The number of halogens is 2. The molecule has 0 unspecified atom stereocenters. The van der Waals surface area contributed by atoms with Crippen LogP contribution < -0.4 is 9.80 Å². The number of nitro benzene ring substituents is 1. The van der Waals surface area contributed by atoms with E-state index >= 15 is 0 Å². The van der Waals surface area contributed by atoms with Gasteiger partial charge in [-0.3, -0.25) is 34.3 Å². The minimum absolute atomic E-state index is 0.140. The van der Waals surface area contributed by atoms with Crippen molar-refractivity contribution in [2.75, 3.05) is 9.80 Å². The summed E-state index contributed by atoms with van der Waals surface area (Å²) < 4.78 is 1.33. The zero-order valence-electron chi connectivity index (χ0n) is 28.7. The van der Waals surface area contributed by atoms with Gasteiger partial charge in [-0.2, -0.15) is 0 Å². The number of fused-ring (bicyclic) bond motifs is 2. The van der Waals surface area contributed by atoms with Crippen molar-refractivity contribution in [1.29, 1.82) is 0 Å². The Morgan fingerprint density at radius 2 is 1.54 bits per heavy atom. The van der Waals surface area contributed by atoms with E-state index in [2.05, 4.69) is 4.98 Å². The molecule has 15 heteroatoms. The molecule has 3 amide bonds. The van der Waals surface area contributed by atoms with E-state index in [1.54, 1.807) is 54.6 Å². The summed E-state index contributed by atoms with van der Waals surface area (Å²) in [7, 11) is 0. The summed E-state index contributed by atoms with van der Waals surface area (Å²) in [6.45, 7) is 3.76. The molecule has 8 rings (SSSR count). The van der Waals surface area contributed by atoms with Gasteiger partial charge in [0, 0.05) is 16.1 Å². The first-order valence-electron chi connectivity index (χ1n) is 17.0. The second-order valence-electron chi connectivity index (χ2n) is 13.2. The maximum Gasteiger partial charge on any atom is 0.283 e. The highest BCUT2D eigenvalue weighted by Gasteiger charge is 2.48. The van der Waals surface area contributed by atoms with Gasteiger partial charge in [0.1, 0.15) is 0 Å². The van der Waals surface area contributed by atoms with Crippen LogP contribution in [0.3, 0.4) is 0 Å². The van der Waals surface area contributed by atoms with E-state index < -0.39 is 4.92 Å². The van der Waals surface area contributed by atoms with Crippen LogP contribution in [0.25, 0.3) is 16.3 Å². The number of anilines is 2. The Kier molecular flexibility index (Phi) is 9.86. The fourth-order valence-electron chi connectivity index (χ4n) is 6.85. The Hall–Kier alpha value is -4.53. The second-order valence-corrected chi connectivity index (χ2v) is 17.4. The van der Waals surface area contributed by atoms with Crippen molar-refractivity contribution in [1.82, 2.24) is 4.98 Å². The zero-order chi connectivity index (χ0) is 37.8. The highest BCUT2D eigenvalue weighted by Crippen LogP contribution is 2.44. The first-order chi connectivity index (χ1) is 25.9. The molecular weight excluding hydrogens is 786 g/mol. The number of hydrogen-bond acceptors (Lipinski definition) is 10. The Morgan fingerprint density at radius 1 is 0.870 bits per heavy atom. The van der Waals surface area contributed by atoms with Gasteiger partial charge in [-0.1, -0.05) is 66.0 Å². The lowest BCUT2D eigenvalue weighted by Crippen LogP contribution is -2.30. The number of amidine groups is 1. The SMILES string of the molecule is Cc1ccc(N=C2S/C(=C\c3ccc(Sc4nc5ccc(N6C(=O)[C@@H]7CCCC[C@H]7C6=O)cc5s4)c([N+](=O)[O-])c3)C(=O)N2c2ccc(C)c(Cl)c2)cc1Cl. The maximum atomic E-state index is 14.0. The van der Waals surface area contributed by atoms with Gasteiger partial charge in [0.05, 0.1) is 53.8 Å². The molecule has 0 spiro atoms. The van der Waals surface area contributed by atoms with Gasteiger partial charge < -0.3 is 0 Å². The Morgan fingerprint density at radius 3 is 2.22 bits per heavy atom. The van der Waals surface area contributed by atoms with Gasteiger partial charge in [-0.15, -0.1) is 11.3 Å². The van der Waals surface area contributed by atoms with Crippen molar-refractivity contribution in [3.05, 3.63) is 115 Å². The number of thiazole rings is 1. The Bertz CT molecular complexity index is 2480. The van der Waals surface area contributed by atoms with E-state index in [1.165, 1.54) is 27.2 Å². The number of amides is 3. The fourth-order valence-corrected chi connectivity index (χ4v) is 10.3. The lowest BCUT2D eigenvalue weighted by Gasteiger charge is -2.19. The second kappa shape index (κ2) is 14.6. The van der Waals surface area contributed by atoms with Gasteiger partial charge in [0.15, 0.2) is 9.51 Å². The van der Waals surface area contributed by atoms with Gasteiger partial charge in [0.25, 0.3) is 11.6 Å². The summed E-state index contributed by atoms with van der Waals surface area (Å²) in [4.78, 5) is 65.1. The summed E-state index contributed by atoms with van der Waals surface area (Å²) >= 11 is 16.4. The minimum atomic E-state index is -0.460. The van der Waals surface area contributed by atoms with E-state index in [0.29, 0.717) is 57.5 Å². The molecule has 2 saturated heterocycles. The van der Waals surface area contributed by atoms with Crippen molar-refractivity contribution in [2.24, 2.45) is 16.8 Å². The molecule has 2 atom stereocenters. The number of thioether (sulfide) groups is 1. The first kappa shape index (κ1) is 36.4. The molecular formula is C39H29Cl2N5O5S3. The van der Waals surface area contributed by atoms with Crippen LogP contribution in [0.1, 0.15) is 42.4 Å². The molecule has 4 aromatic carbocycles. The third-order valence-electron chi connectivity index (χ3n) is 9.73. The number of rotatable bonds is 7. The van der Waals surface area contributed by atoms with E-state index in [9.17, 15) is 24.5 Å². The smallest absolute Gasteiger partial charge is 0.274 e. The molecule has 1 aliphatic carbocycles. The average molecular weight is 815 g/mol. The standard InChI is InChI=1S/C39H29Cl2N5O5S3/c1-20-7-10-23(17-28(20)40)42-38-45(24-11-8-21(2)29(41)18-24)37(49)34(52-38)16-22-9-14-32(31(15-22)46(50)51)53-39-43-30-13-12-25(19-33(30)54-39)44-35(47)26-5-3-4-6-27(26)36(44)48/h7-19,26-27H,3-6H2,1-2H3/b34-16-,42-38?/t26-,27-/m1/s1. The number of nitro groups is 1. The number of aromatic nitrogens is 1. The van der Waals surface area contributed by atoms with Crippen LogP contribution in [0.4, 0.5) is 22.7 Å². The van der Waals surface area contributed by atoms with E-state index in [0.717, 1.165) is 65.0 Å². The van der Waals surface area contributed by atoms with Crippen LogP contribution in [-0.2, 0) is 14.4 Å². The number of benzene rings is 4. The third kappa shape index (κ3) is 6.83. The molecule has 3 heterocycles. The molecule has 272 valence electrons. The number of nitrogens with zero attached hydrogens (tertiary/aromatic N) is 5. The quantitative estimate of drug-likeness (QED) is 0.0688. The van der Waals surface area contributed by atoms with Crippen molar-refractivity contribution < 1.29 is 19.3 Å². The molecule has 3 fully saturated rings. The van der Waals surface area contributed by atoms with Gasteiger partial charge in [-0.25, -0.2) is 9.98 Å². The Balaban J connectivity index is 1.08. The number of carbonyl (C=O) groups excluding carboxylic acids is 3. The van der Waals surface area contributed by atoms with Crippen molar-refractivity contribution >= 4 is 120 Å². The lowest BCUT2D eigenvalue weighted by atomic mass is 9.81. The highest BCUT2D eigenvalue weighted by atomic mass is 35.5. The molecule has 0 bridgehead atoms. The van der Waals surface area contributed by atoms with E-state index in [4.69, 9.17) is 28.2 Å². The number of carbonyl (C=O) groups is 3. The monoisotopic (exact) mass is 813 g/mol. The Labute approximate surface area is 332 Å². The largest absolute Gasteiger partial charge is 0.283 e. The average Bonchev–Trinajstić information content (AvgIpc) is 3.77. The predicted octanol–water partition coefficient (Wildman–Crippen LogP) is 10.8. The number of imide groups is 1. The number of hydrogen-bond donors (Lipinski definition) is 0. The van der Waals surface area contributed by atoms with Gasteiger partial charge in [-0.05, 0) is 110 Å². The summed E-state index contributed by atoms with van der Waals surface area (Å²) in [5.74, 6) is -1.14. The maximum absolute atomic E-state index is 14.0. The lowest BCUT2D eigenvalue weighted by molar-refractivity contribution is -0.387. The molecule has 10 nitrogen and oxygen atoms in total. The molecule has 5 aromatic rings. The fraction of sp³-hybridized carbons (Fsp3) is 0.205. The van der Waals surface area contributed by atoms with Crippen LogP contribution in [-0.4, -0.2) is 32.8 Å². The van der Waals surface area contributed by atoms with Crippen LogP contribution in [0, 0.1) is 35.8 Å². The van der Waals surface area contributed by atoms with Crippen LogP contribution in [0.2, 0.25) is 10.0 Å². The normalized spacial score (nSPS) is 20.2. The van der Waals surface area contributed by atoms with Crippen molar-refractivity contribution in [2.45, 2.75) is 48.8 Å². The number of aliphatic imine (C=N–C) groups is 1. The summed E-state index contributed by atoms with van der Waals surface area (Å²) in [6, 6.07) is 20.8. The van der Waals surface area contributed by atoms with Crippen molar-refractivity contribution in [3.63, 3.8) is 0 Å². The molecule has 1 saturated carbocycles. The molecule has 0 radical (unpaired) electrons. The van der Waals surface area contributed by atoms with Crippen LogP contribution in [0.5, 0.6) is 0 Å². The molecule has 2 aliphatic heterocycles. The van der Waals surface area contributed by atoms with Gasteiger partial charge >= 0.3 is 0 Å². The topological polar surface area (TPSA) is 126 Å². The molecule has 3 aliphatic rings. The summed E-state index contributed by atoms with van der Waals surface area (Å²) in [6.07, 6.45) is 4.98. The minimum Gasteiger partial charge on any atom is -0.274 e. The molecule has 1 aromatic heterocycles. The summed E-state index contributed by atoms with van der Waals surface area (Å²) in [5.41, 5.74) is 4.33. The third-order valence-corrected chi connectivity index (χ3v) is 13.7. The van der Waals surface area contributed by atoms with Crippen LogP contribution in [0.15, 0.2) is 91.9 Å². The zero-order valence-corrected chi connectivity index (χ0v) is 32.7. The predicted molar refractivity (Wildman–Crippen MR) is 217 cm³/mol. The summed E-state index contributed by atoms with van der Waals surface area (Å²) in [5, 5.41) is 13.8. The van der Waals surface area contributed by atoms with E-state index in [1.807, 2.05) is 32.0 Å². The van der Waals surface area contributed by atoms with Crippen molar-refractivity contribution in [3.8, 4) is 0 Å². The molecule has 0 N–H and O–H groups in total. The first-order valence-corrected chi connectivity index (χ1v) is 20.3. The van der Waals surface area contributed by atoms with Crippen LogP contribution >= 0.6 is 58.1 Å². The van der Waals surface area contributed by atoms with E-state index in [-0.39, 0.29) is 35.2 Å². The van der Waals surface area contributed by atoms with Gasteiger partial charge in [0.2, 0.25) is 11.8 Å². The molecule has 54 heavy (non-hydrogen) atoms. The highest BCUT2D eigenvalue weighted by molar-refractivity contribution is 8.19.